The molecule has 164 valence electrons. The van der Waals surface area contributed by atoms with Gasteiger partial charge in [-0.2, -0.15) is 0 Å². The Hall–Kier alpha value is -1.71. The van der Waals surface area contributed by atoms with E-state index in [4.69, 9.17) is 14.5 Å². The molecule has 0 amide bonds. The van der Waals surface area contributed by atoms with Gasteiger partial charge in [0.15, 0.2) is 11.8 Å². The summed E-state index contributed by atoms with van der Waals surface area (Å²) in [5, 5.41) is 15.4. The smallest absolute Gasteiger partial charge is 0.191 e. The topological polar surface area (TPSA) is 88.8 Å². The first kappa shape index (κ1) is 22.0. The largest absolute Gasteiger partial charge is 0.379 e. The molecule has 0 aromatic carbocycles. The Balaban J connectivity index is 1.62. The highest BCUT2D eigenvalue weighted by Gasteiger charge is 2.24. The fourth-order valence-electron chi connectivity index (χ4n) is 3.83. The first-order valence-corrected chi connectivity index (χ1v) is 10.8. The van der Waals surface area contributed by atoms with Gasteiger partial charge in [-0.05, 0) is 25.7 Å². The van der Waals surface area contributed by atoms with Gasteiger partial charge in [0, 0.05) is 45.9 Å². The molecule has 0 bridgehead atoms. The molecule has 2 N–H and O–H groups in total. The maximum absolute atomic E-state index is 5.75. The van der Waals surface area contributed by atoms with Crippen LogP contribution < -0.4 is 10.6 Å². The van der Waals surface area contributed by atoms with E-state index in [0.717, 1.165) is 76.4 Å². The molecule has 1 aromatic heterocycles. The van der Waals surface area contributed by atoms with Crippen LogP contribution in [0, 0.1) is 12.8 Å². The van der Waals surface area contributed by atoms with E-state index in [-0.39, 0.29) is 6.10 Å². The van der Waals surface area contributed by atoms with Gasteiger partial charge in [-0.15, -0.1) is 10.2 Å². The number of aliphatic imine (C=N–C) groups is 1. The quantitative estimate of drug-likeness (QED) is 0.484. The monoisotopic (exact) mass is 407 g/mol. The van der Waals surface area contributed by atoms with E-state index in [1.807, 2.05) is 18.5 Å². The third-order valence-electron chi connectivity index (χ3n) is 5.85. The number of morpholine rings is 1. The predicted molar refractivity (Wildman–Crippen MR) is 113 cm³/mol. The number of guanidine groups is 1. The lowest BCUT2D eigenvalue weighted by molar-refractivity contribution is 0.00750. The molecule has 2 aliphatic heterocycles. The fourth-order valence-corrected chi connectivity index (χ4v) is 3.83. The first-order valence-electron chi connectivity index (χ1n) is 10.8. The van der Waals surface area contributed by atoms with Crippen LogP contribution in [0.25, 0.3) is 0 Å². The van der Waals surface area contributed by atoms with Crippen LogP contribution in [0.2, 0.25) is 0 Å². The maximum atomic E-state index is 5.75. The average Bonchev–Trinajstić information content (AvgIpc) is 3.35. The van der Waals surface area contributed by atoms with Gasteiger partial charge in [-0.3, -0.25) is 4.90 Å². The van der Waals surface area contributed by atoms with Gasteiger partial charge in [0.05, 0.1) is 19.3 Å². The van der Waals surface area contributed by atoms with Crippen molar-refractivity contribution in [2.45, 2.75) is 52.3 Å². The molecule has 0 saturated carbocycles. The SMILES string of the molecule is Cc1nnc(CN=C(NCC2CCCO2)NCC(C(C)C)N2CCOCC2)n1C. The van der Waals surface area contributed by atoms with Crippen LogP contribution >= 0.6 is 0 Å². The number of hydrogen-bond donors (Lipinski definition) is 2. The second-order valence-corrected chi connectivity index (χ2v) is 8.24. The molecule has 3 rings (SSSR count). The minimum absolute atomic E-state index is 0.263. The van der Waals surface area contributed by atoms with E-state index in [1.165, 1.54) is 0 Å². The van der Waals surface area contributed by atoms with Crippen molar-refractivity contribution in [3.05, 3.63) is 11.6 Å². The Morgan fingerprint density at radius 2 is 2.00 bits per heavy atom. The number of nitrogens with one attached hydrogen (secondary N) is 2. The summed E-state index contributed by atoms with van der Waals surface area (Å²) < 4.78 is 13.3. The lowest BCUT2D eigenvalue weighted by atomic mass is 10.0. The lowest BCUT2D eigenvalue weighted by Gasteiger charge is -2.37. The third-order valence-corrected chi connectivity index (χ3v) is 5.85. The minimum atomic E-state index is 0.263. The van der Waals surface area contributed by atoms with Crippen molar-refractivity contribution in [2.24, 2.45) is 18.0 Å². The van der Waals surface area contributed by atoms with Gasteiger partial charge in [0.25, 0.3) is 0 Å². The molecule has 2 aliphatic rings. The van der Waals surface area contributed by atoms with Gasteiger partial charge in [-0.25, -0.2) is 4.99 Å². The van der Waals surface area contributed by atoms with E-state index >= 15 is 0 Å². The molecule has 0 spiro atoms. The van der Waals surface area contributed by atoms with Gasteiger partial charge in [-0.1, -0.05) is 13.8 Å². The Morgan fingerprint density at radius 3 is 2.62 bits per heavy atom. The molecule has 2 atom stereocenters. The van der Waals surface area contributed by atoms with E-state index < -0.39 is 0 Å². The van der Waals surface area contributed by atoms with Gasteiger partial charge in [0.2, 0.25) is 0 Å². The summed E-state index contributed by atoms with van der Waals surface area (Å²) >= 11 is 0. The minimum Gasteiger partial charge on any atom is -0.379 e. The van der Waals surface area contributed by atoms with E-state index in [1.54, 1.807) is 0 Å². The van der Waals surface area contributed by atoms with Crippen LogP contribution in [0.15, 0.2) is 4.99 Å². The standard InChI is InChI=1S/C20H37N7O2/c1-15(2)18(27-7-10-28-11-8-27)13-22-20(21-12-17-6-5-9-29-17)23-14-19-25-24-16(3)26(19)4/h15,17-18H,5-14H2,1-4H3,(H2,21,22,23). The molecular weight excluding hydrogens is 370 g/mol. The van der Waals surface area contributed by atoms with Crippen LogP contribution in [0.1, 0.15) is 38.3 Å². The molecule has 2 unspecified atom stereocenters. The molecule has 0 radical (unpaired) electrons. The highest BCUT2D eigenvalue weighted by molar-refractivity contribution is 5.79. The highest BCUT2D eigenvalue weighted by atomic mass is 16.5. The van der Waals surface area contributed by atoms with Crippen LogP contribution in [0.3, 0.4) is 0 Å². The summed E-state index contributed by atoms with van der Waals surface area (Å²) in [6.45, 7) is 13.1. The van der Waals surface area contributed by atoms with Crippen LogP contribution in [-0.2, 0) is 23.1 Å². The number of nitrogens with zero attached hydrogens (tertiary/aromatic N) is 5. The average molecular weight is 408 g/mol. The van der Waals surface area contributed by atoms with Crippen molar-refractivity contribution in [3.63, 3.8) is 0 Å². The Morgan fingerprint density at radius 1 is 1.21 bits per heavy atom. The Bertz CT molecular complexity index is 649. The van der Waals surface area contributed by atoms with Crippen molar-refractivity contribution in [2.75, 3.05) is 46.0 Å². The number of aromatic nitrogens is 3. The van der Waals surface area contributed by atoms with Gasteiger partial charge in [0.1, 0.15) is 12.4 Å². The number of aryl methyl sites for hydroxylation is 1. The summed E-state index contributed by atoms with van der Waals surface area (Å²) in [4.78, 5) is 7.30. The Kier molecular flexibility index (Phi) is 8.26. The third kappa shape index (κ3) is 6.38. The summed E-state index contributed by atoms with van der Waals surface area (Å²) in [5.74, 6) is 3.10. The predicted octanol–water partition coefficient (Wildman–Crippen LogP) is 0.695. The molecule has 9 heteroatoms. The number of hydrogen-bond acceptors (Lipinski definition) is 6. The van der Waals surface area contributed by atoms with Crippen molar-refractivity contribution < 1.29 is 9.47 Å². The molecule has 3 heterocycles. The Labute approximate surface area is 174 Å². The summed E-state index contributed by atoms with van der Waals surface area (Å²) in [5.41, 5.74) is 0. The van der Waals surface area contributed by atoms with Gasteiger partial charge >= 0.3 is 0 Å². The second kappa shape index (κ2) is 10.9. The second-order valence-electron chi connectivity index (χ2n) is 8.24. The fraction of sp³-hybridized carbons (Fsp3) is 0.850. The molecule has 2 saturated heterocycles. The van der Waals surface area contributed by atoms with Gasteiger partial charge < -0.3 is 24.7 Å². The van der Waals surface area contributed by atoms with E-state index in [0.29, 0.717) is 18.5 Å². The zero-order chi connectivity index (χ0) is 20.6. The molecular formula is C20H37N7O2. The molecule has 1 aromatic rings. The number of rotatable bonds is 8. The zero-order valence-corrected chi connectivity index (χ0v) is 18.4. The first-order chi connectivity index (χ1) is 14.0. The number of ether oxygens (including phenoxy) is 2. The maximum Gasteiger partial charge on any atom is 0.191 e. The molecule has 9 nitrogen and oxygen atoms in total. The lowest BCUT2D eigenvalue weighted by Crippen LogP contribution is -2.53. The summed E-state index contributed by atoms with van der Waals surface area (Å²) in [7, 11) is 1.97. The normalized spacial score (nSPS) is 22.2. The highest BCUT2D eigenvalue weighted by Crippen LogP contribution is 2.13. The zero-order valence-electron chi connectivity index (χ0n) is 18.4. The van der Waals surface area contributed by atoms with Crippen molar-refractivity contribution in [1.29, 1.82) is 0 Å². The van der Waals surface area contributed by atoms with Crippen molar-refractivity contribution in [1.82, 2.24) is 30.3 Å². The van der Waals surface area contributed by atoms with E-state index in [2.05, 4.69) is 39.6 Å². The van der Waals surface area contributed by atoms with Crippen LogP contribution in [0.4, 0.5) is 0 Å². The summed E-state index contributed by atoms with van der Waals surface area (Å²) in [6.07, 6.45) is 2.50. The van der Waals surface area contributed by atoms with E-state index in [9.17, 15) is 0 Å². The molecule has 2 fully saturated rings. The van der Waals surface area contributed by atoms with Crippen LogP contribution in [-0.4, -0.2) is 83.8 Å². The summed E-state index contributed by atoms with van der Waals surface area (Å²) in [6, 6.07) is 0.436. The van der Waals surface area contributed by atoms with Crippen LogP contribution in [0.5, 0.6) is 0 Å². The molecule has 0 aliphatic carbocycles. The van der Waals surface area contributed by atoms with Crippen molar-refractivity contribution in [3.8, 4) is 0 Å². The van der Waals surface area contributed by atoms with Crippen molar-refractivity contribution >= 4 is 5.96 Å². The molecule has 29 heavy (non-hydrogen) atoms.